The SMILES string of the molecule is CCN(C(=O)N1CCCC[C@H]1C(=O)OC)c1ccccc1. The van der Waals surface area contributed by atoms with Gasteiger partial charge >= 0.3 is 12.0 Å². The number of urea groups is 1. The number of carbonyl (C=O) groups is 2. The molecule has 5 nitrogen and oxygen atoms in total. The lowest BCUT2D eigenvalue weighted by Gasteiger charge is -2.37. The number of benzene rings is 1. The van der Waals surface area contributed by atoms with Gasteiger partial charge in [-0.2, -0.15) is 0 Å². The van der Waals surface area contributed by atoms with Crippen molar-refractivity contribution in [3.63, 3.8) is 0 Å². The maximum Gasteiger partial charge on any atom is 0.328 e. The highest BCUT2D eigenvalue weighted by molar-refractivity contribution is 5.94. The van der Waals surface area contributed by atoms with Crippen LogP contribution in [0.4, 0.5) is 10.5 Å². The van der Waals surface area contributed by atoms with Gasteiger partial charge in [-0.05, 0) is 38.3 Å². The van der Waals surface area contributed by atoms with E-state index in [1.165, 1.54) is 7.11 Å². The van der Waals surface area contributed by atoms with Crippen molar-refractivity contribution < 1.29 is 14.3 Å². The Morgan fingerprint density at radius 2 is 2.00 bits per heavy atom. The highest BCUT2D eigenvalue weighted by Gasteiger charge is 2.35. The summed E-state index contributed by atoms with van der Waals surface area (Å²) in [6.07, 6.45) is 2.54. The third-order valence-corrected chi connectivity index (χ3v) is 3.84. The average molecular weight is 290 g/mol. The molecule has 0 bridgehead atoms. The number of ether oxygens (including phenoxy) is 1. The zero-order valence-electron chi connectivity index (χ0n) is 12.6. The predicted octanol–water partition coefficient (Wildman–Crippen LogP) is 2.66. The van der Waals surface area contributed by atoms with E-state index in [9.17, 15) is 9.59 Å². The predicted molar refractivity (Wildman–Crippen MR) is 81.2 cm³/mol. The van der Waals surface area contributed by atoms with Gasteiger partial charge in [0.2, 0.25) is 0 Å². The van der Waals surface area contributed by atoms with Crippen LogP contribution in [0.25, 0.3) is 0 Å². The number of anilines is 1. The molecule has 0 unspecified atom stereocenters. The number of piperidine rings is 1. The van der Waals surface area contributed by atoms with Crippen molar-refractivity contribution in [2.75, 3.05) is 25.1 Å². The summed E-state index contributed by atoms with van der Waals surface area (Å²) in [5, 5.41) is 0. The lowest BCUT2D eigenvalue weighted by atomic mass is 10.0. The van der Waals surface area contributed by atoms with Crippen LogP contribution in [0, 0.1) is 0 Å². The van der Waals surface area contributed by atoms with E-state index < -0.39 is 6.04 Å². The lowest BCUT2D eigenvalue weighted by molar-refractivity contribution is -0.146. The molecule has 0 radical (unpaired) electrons. The van der Waals surface area contributed by atoms with E-state index in [-0.39, 0.29) is 12.0 Å². The molecule has 21 heavy (non-hydrogen) atoms. The number of hydrogen-bond acceptors (Lipinski definition) is 3. The van der Waals surface area contributed by atoms with Crippen molar-refractivity contribution >= 4 is 17.7 Å². The minimum absolute atomic E-state index is 0.126. The first-order valence-electron chi connectivity index (χ1n) is 7.40. The number of rotatable bonds is 3. The number of nitrogens with zero attached hydrogens (tertiary/aromatic N) is 2. The monoisotopic (exact) mass is 290 g/mol. The topological polar surface area (TPSA) is 49.9 Å². The molecule has 1 aromatic rings. The number of esters is 1. The first-order valence-corrected chi connectivity index (χ1v) is 7.40. The first kappa shape index (κ1) is 15.4. The summed E-state index contributed by atoms with van der Waals surface area (Å²) in [6.45, 7) is 3.09. The molecule has 1 atom stereocenters. The van der Waals surface area contributed by atoms with Crippen molar-refractivity contribution in [2.24, 2.45) is 0 Å². The third-order valence-electron chi connectivity index (χ3n) is 3.84. The molecule has 1 aromatic carbocycles. The van der Waals surface area contributed by atoms with Gasteiger partial charge in [0.15, 0.2) is 0 Å². The summed E-state index contributed by atoms with van der Waals surface area (Å²) >= 11 is 0. The molecule has 0 spiro atoms. The van der Waals surface area contributed by atoms with Crippen molar-refractivity contribution in [3.05, 3.63) is 30.3 Å². The van der Waals surface area contributed by atoms with E-state index >= 15 is 0 Å². The zero-order chi connectivity index (χ0) is 15.2. The molecule has 1 heterocycles. The van der Waals surface area contributed by atoms with Gasteiger partial charge in [-0.25, -0.2) is 9.59 Å². The number of methoxy groups -OCH3 is 1. The molecular formula is C16H22N2O3. The van der Waals surface area contributed by atoms with Gasteiger partial charge in [0, 0.05) is 18.8 Å². The van der Waals surface area contributed by atoms with Crippen molar-refractivity contribution in [1.82, 2.24) is 4.90 Å². The standard InChI is InChI=1S/C16H22N2O3/c1-3-17(13-9-5-4-6-10-13)16(20)18-12-8-7-11-14(18)15(19)21-2/h4-6,9-10,14H,3,7-8,11-12H2,1-2H3/t14-/m0/s1. The van der Waals surface area contributed by atoms with Crippen molar-refractivity contribution in [3.8, 4) is 0 Å². The van der Waals surface area contributed by atoms with E-state index in [0.29, 0.717) is 19.5 Å². The summed E-state index contributed by atoms with van der Waals surface area (Å²) in [6, 6.07) is 8.93. The Hall–Kier alpha value is -2.04. The van der Waals surface area contributed by atoms with Crippen LogP contribution < -0.4 is 4.90 Å². The maximum atomic E-state index is 12.8. The van der Waals surface area contributed by atoms with Crippen molar-refractivity contribution in [2.45, 2.75) is 32.2 Å². The lowest BCUT2D eigenvalue weighted by Crippen LogP contribution is -2.53. The summed E-state index contributed by atoms with van der Waals surface area (Å²) in [5.74, 6) is -0.327. The van der Waals surface area contributed by atoms with Gasteiger partial charge in [0.25, 0.3) is 0 Å². The van der Waals surface area contributed by atoms with E-state index in [1.54, 1.807) is 9.80 Å². The molecule has 0 N–H and O–H groups in total. The molecule has 1 aliphatic rings. The van der Waals surface area contributed by atoms with E-state index in [4.69, 9.17) is 4.74 Å². The molecule has 2 amide bonds. The molecule has 0 aliphatic carbocycles. The summed E-state index contributed by atoms with van der Waals surface area (Å²) in [7, 11) is 1.37. The van der Waals surface area contributed by atoms with Crippen molar-refractivity contribution in [1.29, 1.82) is 0 Å². The second-order valence-electron chi connectivity index (χ2n) is 5.09. The van der Waals surface area contributed by atoms with Crippen LogP contribution >= 0.6 is 0 Å². The van der Waals surface area contributed by atoms with Crippen LogP contribution in [-0.2, 0) is 9.53 Å². The number of amides is 2. The summed E-state index contributed by atoms with van der Waals surface area (Å²) in [5.41, 5.74) is 0.846. The van der Waals surface area contributed by atoms with Crippen LogP contribution in [-0.4, -0.2) is 43.1 Å². The van der Waals surface area contributed by atoms with Gasteiger partial charge in [-0.3, -0.25) is 4.90 Å². The Kier molecular flexibility index (Phi) is 5.20. The Labute approximate surface area is 125 Å². The summed E-state index contributed by atoms with van der Waals surface area (Å²) in [4.78, 5) is 28.0. The highest BCUT2D eigenvalue weighted by atomic mass is 16.5. The molecule has 1 fully saturated rings. The smallest absolute Gasteiger partial charge is 0.328 e. The van der Waals surface area contributed by atoms with Crippen LogP contribution in [0.3, 0.4) is 0 Å². The van der Waals surface area contributed by atoms with Gasteiger partial charge in [0.05, 0.1) is 7.11 Å². The van der Waals surface area contributed by atoms with Gasteiger partial charge in [-0.15, -0.1) is 0 Å². The number of likely N-dealkylation sites (tertiary alicyclic amines) is 1. The fourth-order valence-electron chi connectivity index (χ4n) is 2.73. The second-order valence-corrected chi connectivity index (χ2v) is 5.09. The van der Waals surface area contributed by atoms with Gasteiger partial charge in [-0.1, -0.05) is 18.2 Å². The average Bonchev–Trinajstić information content (AvgIpc) is 2.55. The molecule has 114 valence electrons. The third kappa shape index (κ3) is 3.35. The maximum absolute atomic E-state index is 12.8. The Morgan fingerprint density at radius 3 is 2.62 bits per heavy atom. The van der Waals surface area contributed by atoms with Crippen LogP contribution in [0.15, 0.2) is 30.3 Å². The van der Waals surface area contributed by atoms with Gasteiger partial charge in [0.1, 0.15) is 6.04 Å². The molecule has 2 rings (SSSR count). The van der Waals surface area contributed by atoms with Gasteiger partial charge < -0.3 is 9.64 Å². The Morgan fingerprint density at radius 1 is 1.29 bits per heavy atom. The fourth-order valence-corrected chi connectivity index (χ4v) is 2.73. The normalized spacial score (nSPS) is 18.2. The number of carbonyl (C=O) groups excluding carboxylic acids is 2. The number of para-hydroxylation sites is 1. The molecule has 1 saturated heterocycles. The van der Waals surface area contributed by atoms with E-state index in [1.807, 2.05) is 37.3 Å². The molecular weight excluding hydrogens is 268 g/mol. The minimum atomic E-state index is -0.464. The molecule has 5 heteroatoms. The van der Waals surface area contributed by atoms with E-state index in [2.05, 4.69) is 0 Å². The van der Waals surface area contributed by atoms with Crippen LogP contribution in [0.2, 0.25) is 0 Å². The quantitative estimate of drug-likeness (QED) is 0.804. The number of hydrogen-bond donors (Lipinski definition) is 0. The Balaban J connectivity index is 2.21. The molecule has 0 saturated carbocycles. The van der Waals surface area contributed by atoms with Crippen LogP contribution in [0.5, 0.6) is 0 Å². The zero-order valence-corrected chi connectivity index (χ0v) is 12.6. The van der Waals surface area contributed by atoms with Crippen LogP contribution in [0.1, 0.15) is 26.2 Å². The minimum Gasteiger partial charge on any atom is -0.467 e. The molecule has 0 aromatic heterocycles. The highest BCUT2D eigenvalue weighted by Crippen LogP contribution is 2.22. The second kappa shape index (κ2) is 7.11. The fraction of sp³-hybridized carbons (Fsp3) is 0.500. The largest absolute Gasteiger partial charge is 0.467 e. The molecule has 1 aliphatic heterocycles. The summed E-state index contributed by atoms with van der Waals surface area (Å²) < 4.78 is 4.84. The Bertz CT molecular complexity index is 490. The van der Waals surface area contributed by atoms with E-state index in [0.717, 1.165) is 18.5 Å². The first-order chi connectivity index (χ1) is 10.2.